The molecule has 0 bridgehead atoms. The van der Waals surface area contributed by atoms with Gasteiger partial charge in [0.25, 0.3) is 11.8 Å². The zero-order valence-corrected chi connectivity index (χ0v) is 16.2. The number of benzene rings is 2. The third kappa shape index (κ3) is 4.43. The third-order valence-electron chi connectivity index (χ3n) is 4.54. The van der Waals surface area contributed by atoms with E-state index in [9.17, 15) is 9.59 Å². The Morgan fingerprint density at radius 2 is 1.77 bits per heavy atom. The van der Waals surface area contributed by atoms with Crippen LogP contribution in [-0.4, -0.2) is 43.0 Å². The molecule has 0 unspecified atom stereocenters. The van der Waals surface area contributed by atoms with E-state index in [0.717, 1.165) is 17.3 Å². The van der Waals surface area contributed by atoms with Gasteiger partial charge in [0.15, 0.2) is 0 Å². The maximum absolute atomic E-state index is 12.6. The van der Waals surface area contributed by atoms with Crippen molar-refractivity contribution in [2.24, 2.45) is 0 Å². The van der Waals surface area contributed by atoms with Crippen molar-refractivity contribution in [3.8, 4) is 5.75 Å². The van der Waals surface area contributed by atoms with Crippen molar-refractivity contribution in [3.63, 3.8) is 0 Å². The standard InChI is InChI=1S/C20H21BrN2O3/c1-26-18-4-2-3-15(13-18)20(25)23-11-9-17(10-12-23)22-19(24)14-5-7-16(21)8-6-14/h2-8,13,17H,9-12H2,1H3,(H,22,24). The van der Waals surface area contributed by atoms with Crippen molar-refractivity contribution in [2.45, 2.75) is 18.9 Å². The Labute approximate surface area is 161 Å². The molecule has 2 amide bonds. The summed E-state index contributed by atoms with van der Waals surface area (Å²) in [6.45, 7) is 1.25. The number of ether oxygens (including phenoxy) is 1. The first-order valence-electron chi connectivity index (χ1n) is 8.56. The molecular formula is C20H21BrN2O3. The molecule has 0 aliphatic carbocycles. The molecule has 5 nitrogen and oxygen atoms in total. The fourth-order valence-corrected chi connectivity index (χ4v) is 3.30. The molecular weight excluding hydrogens is 396 g/mol. The highest BCUT2D eigenvalue weighted by molar-refractivity contribution is 9.10. The number of rotatable bonds is 4. The average molecular weight is 417 g/mol. The van der Waals surface area contributed by atoms with Crippen molar-refractivity contribution in [2.75, 3.05) is 20.2 Å². The number of nitrogens with zero attached hydrogens (tertiary/aromatic N) is 1. The summed E-state index contributed by atoms with van der Waals surface area (Å²) in [6, 6.07) is 14.6. The van der Waals surface area contributed by atoms with E-state index in [4.69, 9.17) is 4.74 Å². The van der Waals surface area contributed by atoms with Crippen molar-refractivity contribution < 1.29 is 14.3 Å². The van der Waals surface area contributed by atoms with Crippen molar-refractivity contribution in [3.05, 3.63) is 64.1 Å². The van der Waals surface area contributed by atoms with Gasteiger partial charge in [0, 0.05) is 34.7 Å². The molecule has 0 atom stereocenters. The molecule has 1 heterocycles. The van der Waals surface area contributed by atoms with Crippen molar-refractivity contribution in [1.82, 2.24) is 10.2 Å². The van der Waals surface area contributed by atoms with E-state index in [2.05, 4.69) is 21.2 Å². The van der Waals surface area contributed by atoms with Gasteiger partial charge in [0.1, 0.15) is 5.75 Å². The van der Waals surface area contributed by atoms with Crippen molar-refractivity contribution >= 4 is 27.7 Å². The van der Waals surface area contributed by atoms with E-state index in [1.807, 2.05) is 29.2 Å². The number of hydrogen-bond acceptors (Lipinski definition) is 3. The van der Waals surface area contributed by atoms with Gasteiger partial charge in [-0.25, -0.2) is 0 Å². The summed E-state index contributed by atoms with van der Waals surface area (Å²) >= 11 is 3.36. The molecule has 2 aromatic carbocycles. The zero-order valence-electron chi connectivity index (χ0n) is 14.6. The number of halogens is 1. The van der Waals surface area contributed by atoms with E-state index >= 15 is 0 Å². The summed E-state index contributed by atoms with van der Waals surface area (Å²) in [6.07, 6.45) is 1.50. The number of carbonyl (C=O) groups excluding carboxylic acids is 2. The zero-order chi connectivity index (χ0) is 18.5. The molecule has 0 saturated carbocycles. The number of amides is 2. The maximum Gasteiger partial charge on any atom is 0.253 e. The van der Waals surface area contributed by atoms with Gasteiger partial charge in [-0.15, -0.1) is 0 Å². The fourth-order valence-electron chi connectivity index (χ4n) is 3.04. The van der Waals surface area contributed by atoms with Crippen LogP contribution in [0.5, 0.6) is 5.75 Å². The van der Waals surface area contributed by atoms with Crippen LogP contribution in [0.3, 0.4) is 0 Å². The summed E-state index contributed by atoms with van der Waals surface area (Å²) in [5, 5.41) is 3.06. The first-order chi connectivity index (χ1) is 12.6. The number of hydrogen-bond donors (Lipinski definition) is 1. The smallest absolute Gasteiger partial charge is 0.253 e. The molecule has 0 radical (unpaired) electrons. The van der Waals surface area contributed by atoms with Gasteiger partial charge in [-0.2, -0.15) is 0 Å². The van der Waals surface area contributed by atoms with Gasteiger partial charge in [-0.05, 0) is 55.3 Å². The second-order valence-corrected chi connectivity index (χ2v) is 7.19. The van der Waals surface area contributed by atoms with E-state index in [-0.39, 0.29) is 17.9 Å². The highest BCUT2D eigenvalue weighted by Crippen LogP contribution is 2.18. The topological polar surface area (TPSA) is 58.6 Å². The van der Waals surface area contributed by atoms with Crippen LogP contribution in [-0.2, 0) is 0 Å². The number of methoxy groups -OCH3 is 1. The van der Waals surface area contributed by atoms with Gasteiger partial charge >= 0.3 is 0 Å². The van der Waals surface area contributed by atoms with Gasteiger partial charge < -0.3 is 15.0 Å². The Hall–Kier alpha value is -2.34. The Balaban J connectivity index is 1.54. The van der Waals surface area contributed by atoms with Gasteiger partial charge in [0.05, 0.1) is 7.11 Å². The number of nitrogens with one attached hydrogen (secondary N) is 1. The monoisotopic (exact) mass is 416 g/mol. The summed E-state index contributed by atoms with van der Waals surface area (Å²) in [5.74, 6) is 0.601. The van der Waals surface area contributed by atoms with Crippen LogP contribution < -0.4 is 10.1 Å². The Morgan fingerprint density at radius 3 is 2.42 bits per heavy atom. The lowest BCUT2D eigenvalue weighted by Gasteiger charge is -2.32. The van der Waals surface area contributed by atoms with Gasteiger partial charge in [-0.1, -0.05) is 22.0 Å². The van der Waals surface area contributed by atoms with E-state index in [0.29, 0.717) is 30.0 Å². The van der Waals surface area contributed by atoms with Gasteiger partial charge in [-0.3, -0.25) is 9.59 Å². The van der Waals surface area contributed by atoms with Crippen LogP contribution in [0.4, 0.5) is 0 Å². The Morgan fingerprint density at radius 1 is 1.08 bits per heavy atom. The van der Waals surface area contributed by atoms with Crippen LogP contribution in [0.2, 0.25) is 0 Å². The molecule has 0 aromatic heterocycles. The van der Waals surface area contributed by atoms with Crippen LogP contribution in [0.1, 0.15) is 33.6 Å². The molecule has 1 aliphatic heterocycles. The number of likely N-dealkylation sites (tertiary alicyclic amines) is 1. The SMILES string of the molecule is COc1cccc(C(=O)N2CCC(NC(=O)c3ccc(Br)cc3)CC2)c1. The first kappa shape index (κ1) is 18.5. The maximum atomic E-state index is 12.6. The van der Waals surface area contributed by atoms with Crippen LogP contribution >= 0.6 is 15.9 Å². The van der Waals surface area contributed by atoms with E-state index < -0.39 is 0 Å². The van der Waals surface area contributed by atoms with E-state index in [1.165, 1.54) is 0 Å². The normalized spacial score (nSPS) is 14.8. The molecule has 6 heteroatoms. The largest absolute Gasteiger partial charge is 0.497 e. The summed E-state index contributed by atoms with van der Waals surface area (Å²) in [5.41, 5.74) is 1.27. The van der Waals surface area contributed by atoms with Crippen LogP contribution in [0.25, 0.3) is 0 Å². The number of carbonyl (C=O) groups is 2. The minimum atomic E-state index is -0.0740. The lowest BCUT2D eigenvalue weighted by atomic mass is 10.0. The van der Waals surface area contributed by atoms with Crippen LogP contribution in [0.15, 0.2) is 53.0 Å². The average Bonchev–Trinajstić information content (AvgIpc) is 2.68. The molecule has 3 rings (SSSR count). The summed E-state index contributed by atoms with van der Waals surface area (Å²) in [7, 11) is 1.59. The molecule has 1 fully saturated rings. The molecule has 136 valence electrons. The predicted molar refractivity (Wildman–Crippen MR) is 104 cm³/mol. The lowest BCUT2D eigenvalue weighted by Crippen LogP contribution is -2.46. The highest BCUT2D eigenvalue weighted by Gasteiger charge is 2.25. The minimum absolute atomic E-state index is 0.00147. The summed E-state index contributed by atoms with van der Waals surface area (Å²) in [4.78, 5) is 26.8. The molecule has 2 aromatic rings. The second-order valence-electron chi connectivity index (χ2n) is 6.28. The quantitative estimate of drug-likeness (QED) is 0.829. The molecule has 0 spiro atoms. The summed E-state index contributed by atoms with van der Waals surface area (Å²) < 4.78 is 6.12. The second kappa shape index (κ2) is 8.36. The minimum Gasteiger partial charge on any atom is -0.497 e. The lowest BCUT2D eigenvalue weighted by molar-refractivity contribution is 0.0697. The Bertz CT molecular complexity index is 784. The fraction of sp³-hybridized carbons (Fsp3) is 0.300. The molecule has 1 aliphatic rings. The Kier molecular flexibility index (Phi) is 5.93. The van der Waals surface area contributed by atoms with Crippen molar-refractivity contribution in [1.29, 1.82) is 0 Å². The van der Waals surface area contributed by atoms with Gasteiger partial charge in [0.2, 0.25) is 0 Å². The highest BCUT2D eigenvalue weighted by atomic mass is 79.9. The first-order valence-corrected chi connectivity index (χ1v) is 9.36. The molecule has 26 heavy (non-hydrogen) atoms. The number of piperidine rings is 1. The molecule has 1 N–H and O–H groups in total. The van der Waals surface area contributed by atoms with Crippen LogP contribution in [0, 0.1) is 0 Å². The predicted octanol–water partition coefficient (Wildman–Crippen LogP) is 3.49. The van der Waals surface area contributed by atoms with E-state index in [1.54, 1.807) is 31.4 Å². The third-order valence-corrected chi connectivity index (χ3v) is 5.07. The molecule has 1 saturated heterocycles.